The van der Waals surface area contributed by atoms with Gasteiger partial charge < -0.3 is 15.0 Å². The summed E-state index contributed by atoms with van der Waals surface area (Å²) in [5.41, 5.74) is 0. The van der Waals surface area contributed by atoms with Crippen LogP contribution in [0.25, 0.3) is 0 Å². The Morgan fingerprint density at radius 3 is 2.89 bits per heavy atom. The van der Waals surface area contributed by atoms with E-state index in [9.17, 15) is 0 Å². The number of rotatable bonds is 5. The molecule has 0 spiro atoms. The van der Waals surface area contributed by atoms with Gasteiger partial charge in [0, 0.05) is 30.7 Å². The van der Waals surface area contributed by atoms with Crippen LogP contribution >= 0.6 is 11.6 Å². The Morgan fingerprint density at radius 1 is 1.32 bits per heavy atom. The zero-order chi connectivity index (χ0) is 13.5. The molecule has 19 heavy (non-hydrogen) atoms. The zero-order valence-corrected chi connectivity index (χ0v) is 12.3. The minimum atomic E-state index is 0.648. The van der Waals surface area contributed by atoms with Crippen molar-refractivity contribution in [3.8, 4) is 5.75 Å². The molecule has 3 nitrogen and oxygen atoms in total. The minimum Gasteiger partial charge on any atom is -0.494 e. The predicted molar refractivity (Wildman–Crippen MR) is 80.1 cm³/mol. The van der Waals surface area contributed by atoms with Gasteiger partial charge in [0.15, 0.2) is 0 Å². The topological polar surface area (TPSA) is 24.5 Å². The van der Waals surface area contributed by atoms with Gasteiger partial charge in [-0.2, -0.15) is 0 Å². The van der Waals surface area contributed by atoms with Crippen molar-refractivity contribution in [2.75, 3.05) is 32.8 Å². The molecule has 1 aliphatic rings. The molecule has 106 valence electrons. The molecule has 0 saturated carbocycles. The van der Waals surface area contributed by atoms with Crippen molar-refractivity contribution in [1.82, 2.24) is 10.2 Å². The maximum atomic E-state index is 5.83. The first-order chi connectivity index (χ1) is 9.24. The Bertz CT molecular complexity index is 369. The number of ether oxygens (including phenoxy) is 1. The third-order valence-electron chi connectivity index (χ3n) is 3.50. The summed E-state index contributed by atoms with van der Waals surface area (Å²) in [4.78, 5) is 2.52. The van der Waals surface area contributed by atoms with E-state index in [1.165, 1.54) is 13.0 Å². The molecule has 1 aromatic carbocycles. The van der Waals surface area contributed by atoms with E-state index in [0.717, 1.165) is 43.4 Å². The summed E-state index contributed by atoms with van der Waals surface area (Å²) >= 11 is 5.83. The molecule has 1 unspecified atom stereocenters. The van der Waals surface area contributed by atoms with Crippen LogP contribution in [-0.4, -0.2) is 43.7 Å². The maximum Gasteiger partial charge on any atom is 0.119 e. The summed E-state index contributed by atoms with van der Waals surface area (Å²) in [6.45, 7) is 7.57. The van der Waals surface area contributed by atoms with Gasteiger partial charge in [-0.1, -0.05) is 11.6 Å². The Hall–Kier alpha value is -0.770. The third-order valence-corrected chi connectivity index (χ3v) is 3.75. The van der Waals surface area contributed by atoms with Crippen LogP contribution in [0.4, 0.5) is 0 Å². The largest absolute Gasteiger partial charge is 0.494 e. The first kappa shape index (κ1) is 14.6. The van der Waals surface area contributed by atoms with Crippen LogP contribution < -0.4 is 10.1 Å². The fourth-order valence-corrected chi connectivity index (χ4v) is 2.42. The molecule has 1 heterocycles. The summed E-state index contributed by atoms with van der Waals surface area (Å²) in [6, 6.07) is 8.20. The minimum absolute atomic E-state index is 0.648. The monoisotopic (exact) mass is 282 g/mol. The van der Waals surface area contributed by atoms with E-state index in [2.05, 4.69) is 17.1 Å². The quantitative estimate of drug-likeness (QED) is 0.841. The SMILES string of the molecule is CC1CCN(CCCOc2ccc(Cl)cc2)CCN1. The van der Waals surface area contributed by atoms with Crippen molar-refractivity contribution in [2.24, 2.45) is 0 Å². The van der Waals surface area contributed by atoms with Gasteiger partial charge in [0.1, 0.15) is 5.75 Å². The highest BCUT2D eigenvalue weighted by Gasteiger charge is 2.12. The van der Waals surface area contributed by atoms with Crippen molar-refractivity contribution in [3.63, 3.8) is 0 Å². The maximum absolute atomic E-state index is 5.83. The van der Waals surface area contributed by atoms with E-state index >= 15 is 0 Å². The number of nitrogens with zero attached hydrogens (tertiary/aromatic N) is 1. The molecule has 0 amide bonds. The van der Waals surface area contributed by atoms with Gasteiger partial charge >= 0.3 is 0 Å². The Balaban J connectivity index is 1.62. The third kappa shape index (κ3) is 5.39. The Kier molecular flexibility index (Phi) is 5.95. The second kappa shape index (κ2) is 7.73. The lowest BCUT2D eigenvalue weighted by molar-refractivity contribution is 0.243. The molecule has 1 saturated heterocycles. The van der Waals surface area contributed by atoms with Gasteiger partial charge in [0.05, 0.1) is 6.61 Å². The number of hydrogen-bond acceptors (Lipinski definition) is 3. The summed E-state index contributed by atoms with van der Waals surface area (Å²) in [5.74, 6) is 0.899. The van der Waals surface area contributed by atoms with Crippen LogP contribution in [0.3, 0.4) is 0 Å². The van der Waals surface area contributed by atoms with Gasteiger partial charge in [0.25, 0.3) is 0 Å². The van der Waals surface area contributed by atoms with Crippen molar-refractivity contribution in [3.05, 3.63) is 29.3 Å². The first-order valence-corrected chi connectivity index (χ1v) is 7.46. The summed E-state index contributed by atoms with van der Waals surface area (Å²) < 4.78 is 5.70. The fraction of sp³-hybridized carbons (Fsp3) is 0.600. The highest BCUT2D eigenvalue weighted by Crippen LogP contribution is 2.15. The fourth-order valence-electron chi connectivity index (χ4n) is 2.29. The average Bonchev–Trinajstić information content (AvgIpc) is 2.62. The van der Waals surface area contributed by atoms with E-state index in [4.69, 9.17) is 16.3 Å². The van der Waals surface area contributed by atoms with Crippen LogP contribution in [-0.2, 0) is 0 Å². The number of halogens is 1. The van der Waals surface area contributed by atoms with Crippen LogP contribution in [0.2, 0.25) is 5.02 Å². The van der Waals surface area contributed by atoms with Crippen LogP contribution in [0.5, 0.6) is 5.75 Å². The van der Waals surface area contributed by atoms with Gasteiger partial charge in [-0.05, 0) is 50.6 Å². The summed E-state index contributed by atoms with van der Waals surface area (Å²) in [5, 5.41) is 4.26. The number of hydrogen-bond donors (Lipinski definition) is 1. The van der Waals surface area contributed by atoms with E-state index in [0.29, 0.717) is 6.04 Å². The second-order valence-electron chi connectivity index (χ2n) is 5.14. The Labute approximate surface area is 120 Å². The van der Waals surface area contributed by atoms with Crippen LogP contribution in [0.15, 0.2) is 24.3 Å². The molecule has 1 aromatic rings. The standard InChI is InChI=1S/C15H23ClN2O/c1-13-7-10-18(11-8-17-13)9-2-12-19-15-5-3-14(16)4-6-15/h3-6,13,17H,2,7-12H2,1H3. The van der Waals surface area contributed by atoms with Gasteiger partial charge in [-0.3, -0.25) is 0 Å². The molecule has 1 fully saturated rings. The molecule has 2 rings (SSSR count). The zero-order valence-electron chi connectivity index (χ0n) is 11.6. The van der Waals surface area contributed by atoms with Crippen LogP contribution in [0.1, 0.15) is 19.8 Å². The normalized spacial score (nSPS) is 21.1. The van der Waals surface area contributed by atoms with E-state index in [1.54, 1.807) is 0 Å². The van der Waals surface area contributed by atoms with Crippen molar-refractivity contribution in [2.45, 2.75) is 25.8 Å². The lowest BCUT2D eigenvalue weighted by Crippen LogP contribution is -2.30. The molecule has 0 aromatic heterocycles. The molecular formula is C15H23ClN2O. The van der Waals surface area contributed by atoms with Crippen molar-refractivity contribution < 1.29 is 4.74 Å². The predicted octanol–water partition coefficient (Wildman–Crippen LogP) is 2.79. The molecule has 1 N–H and O–H groups in total. The van der Waals surface area contributed by atoms with Crippen molar-refractivity contribution >= 4 is 11.6 Å². The van der Waals surface area contributed by atoms with E-state index in [-0.39, 0.29) is 0 Å². The summed E-state index contributed by atoms with van der Waals surface area (Å²) in [6.07, 6.45) is 2.30. The van der Waals surface area contributed by atoms with Gasteiger partial charge in [-0.15, -0.1) is 0 Å². The van der Waals surface area contributed by atoms with E-state index in [1.807, 2.05) is 24.3 Å². The first-order valence-electron chi connectivity index (χ1n) is 7.08. The molecule has 0 aliphatic carbocycles. The average molecular weight is 283 g/mol. The number of benzene rings is 1. The molecular weight excluding hydrogens is 260 g/mol. The lowest BCUT2D eigenvalue weighted by Gasteiger charge is -2.19. The van der Waals surface area contributed by atoms with Gasteiger partial charge in [-0.25, -0.2) is 0 Å². The highest BCUT2D eigenvalue weighted by molar-refractivity contribution is 6.30. The second-order valence-corrected chi connectivity index (χ2v) is 5.58. The summed E-state index contributed by atoms with van der Waals surface area (Å²) in [7, 11) is 0. The van der Waals surface area contributed by atoms with Crippen molar-refractivity contribution in [1.29, 1.82) is 0 Å². The molecule has 4 heteroatoms. The van der Waals surface area contributed by atoms with Gasteiger partial charge in [0.2, 0.25) is 0 Å². The smallest absolute Gasteiger partial charge is 0.119 e. The lowest BCUT2D eigenvalue weighted by atomic mass is 10.2. The number of nitrogens with one attached hydrogen (secondary N) is 1. The van der Waals surface area contributed by atoms with Crippen LogP contribution in [0, 0.1) is 0 Å². The Morgan fingerprint density at radius 2 is 2.11 bits per heavy atom. The molecule has 0 bridgehead atoms. The molecule has 0 radical (unpaired) electrons. The molecule has 1 atom stereocenters. The molecule has 1 aliphatic heterocycles. The van der Waals surface area contributed by atoms with E-state index < -0.39 is 0 Å². The highest BCUT2D eigenvalue weighted by atomic mass is 35.5.